The van der Waals surface area contributed by atoms with Crippen LogP contribution in [0.25, 0.3) is 10.9 Å². The lowest BCUT2D eigenvalue weighted by Gasteiger charge is -2.26. The molecule has 1 aromatic heterocycles. The Balaban J connectivity index is 1.88. The molecule has 0 amide bonds. The van der Waals surface area contributed by atoms with E-state index >= 15 is 0 Å². The number of aromatic amines is 1. The third-order valence-corrected chi connectivity index (χ3v) is 3.79. The van der Waals surface area contributed by atoms with Crippen LogP contribution in [0.4, 0.5) is 0 Å². The van der Waals surface area contributed by atoms with Crippen LogP contribution >= 0.6 is 0 Å². The van der Waals surface area contributed by atoms with E-state index in [1.165, 1.54) is 5.56 Å². The molecular formula is C16H17N3O2. The highest BCUT2D eigenvalue weighted by Crippen LogP contribution is 2.22. The van der Waals surface area contributed by atoms with Gasteiger partial charge in [0.05, 0.1) is 25.0 Å². The standard InChI is InChI=1S/C16H17N3O2/c17-5-4-16(20)15-10-13-12(2-1-3-14(13)18-15)11-19-6-8-21-9-7-19/h1-3,10,18H,4,6-9,11H2. The molecular weight excluding hydrogens is 266 g/mol. The number of aromatic nitrogens is 1. The van der Waals surface area contributed by atoms with E-state index < -0.39 is 0 Å². The van der Waals surface area contributed by atoms with Crippen molar-refractivity contribution in [1.29, 1.82) is 5.26 Å². The number of H-pyrrole nitrogens is 1. The summed E-state index contributed by atoms with van der Waals surface area (Å²) in [4.78, 5) is 17.3. The first-order chi connectivity index (χ1) is 10.3. The Morgan fingerprint density at radius 3 is 2.95 bits per heavy atom. The lowest BCUT2D eigenvalue weighted by atomic mass is 10.1. The van der Waals surface area contributed by atoms with Gasteiger partial charge in [0.2, 0.25) is 0 Å². The Hall–Kier alpha value is -2.16. The van der Waals surface area contributed by atoms with Gasteiger partial charge in [0.15, 0.2) is 5.78 Å². The van der Waals surface area contributed by atoms with Crippen molar-refractivity contribution in [3.63, 3.8) is 0 Å². The van der Waals surface area contributed by atoms with Crippen molar-refractivity contribution in [2.45, 2.75) is 13.0 Å². The second-order valence-corrected chi connectivity index (χ2v) is 5.21. The van der Waals surface area contributed by atoms with E-state index in [9.17, 15) is 4.79 Å². The number of hydrogen-bond acceptors (Lipinski definition) is 4. The maximum absolute atomic E-state index is 11.8. The van der Waals surface area contributed by atoms with Gasteiger partial charge >= 0.3 is 0 Å². The molecule has 1 aliphatic rings. The maximum atomic E-state index is 11.8. The number of carbonyl (C=O) groups is 1. The summed E-state index contributed by atoms with van der Waals surface area (Å²) >= 11 is 0. The number of nitriles is 1. The fourth-order valence-corrected chi connectivity index (χ4v) is 2.67. The summed E-state index contributed by atoms with van der Waals surface area (Å²) in [6, 6.07) is 9.81. The molecule has 0 radical (unpaired) electrons. The summed E-state index contributed by atoms with van der Waals surface area (Å²) in [5.74, 6) is -0.161. The lowest BCUT2D eigenvalue weighted by molar-refractivity contribution is 0.0344. The maximum Gasteiger partial charge on any atom is 0.193 e. The van der Waals surface area contributed by atoms with E-state index in [1.807, 2.05) is 24.3 Å². The number of morpholine rings is 1. The van der Waals surface area contributed by atoms with E-state index in [2.05, 4.69) is 16.0 Å². The van der Waals surface area contributed by atoms with Crippen molar-refractivity contribution in [3.05, 3.63) is 35.5 Å². The molecule has 0 atom stereocenters. The van der Waals surface area contributed by atoms with E-state index in [-0.39, 0.29) is 12.2 Å². The van der Waals surface area contributed by atoms with Crippen LogP contribution < -0.4 is 0 Å². The molecule has 0 bridgehead atoms. The van der Waals surface area contributed by atoms with Crippen LogP contribution in [0.1, 0.15) is 22.5 Å². The van der Waals surface area contributed by atoms with E-state index in [4.69, 9.17) is 10.00 Å². The quantitative estimate of drug-likeness (QED) is 0.872. The van der Waals surface area contributed by atoms with E-state index in [0.29, 0.717) is 5.69 Å². The summed E-state index contributed by atoms with van der Waals surface area (Å²) in [6.07, 6.45) is -0.0916. The lowest BCUT2D eigenvalue weighted by Crippen LogP contribution is -2.35. The van der Waals surface area contributed by atoms with Gasteiger partial charge in [0, 0.05) is 30.5 Å². The van der Waals surface area contributed by atoms with Gasteiger partial charge in [0.25, 0.3) is 0 Å². The molecule has 5 heteroatoms. The van der Waals surface area contributed by atoms with Crippen LogP contribution in [-0.2, 0) is 11.3 Å². The highest BCUT2D eigenvalue weighted by molar-refractivity contribution is 6.01. The molecule has 0 aliphatic carbocycles. The fourth-order valence-electron chi connectivity index (χ4n) is 2.67. The molecule has 0 saturated carbocycles. The Morgan fingerprint density at radius 2 is 2.19 bits per heavy atom. The number of carbonyl (C=O) groups excluding carboxylic acids is 1. The van der Waals surface area contributed by atoms with Crippen LogP contribution in [0.3, 0.4) is 0 Å². The van der Waals surface area contributed by atoms with Gasteiger partial charge in [-0.3, -0.25) is 9.69 Å². The Bertz CT molecular complexity index is 693. The normalized spacial score (nSPS) is 16.0. The second-order valence-electron chi connectivity index (χ2n) is 5.21. The predicted octanol–water partition coefficient (Wildman–Crippen LogP) is 2.10. The first kappa shape index (κ1) is 13.8. The average Bonchev–Trinajstić information content (AvgIpc) is 2.94. The summed E-state index contributed by atoms with van der Waals surface area (Å²) in [6.45, 7) is 4.26. The number of fused-ring (bicyclic) bond motifs is 1. The SMILES string of the molecule is N#CCC(=O)c1cc2c(CN3CCOCC3)cccc2[nH]1. The van der Waals surface area contributed by atoms with Gasteiger partial charge in [-0.25, -0.2) is 0 Å². The number of nitrogens with one attached hydrogen (secondary N) is 1. The average molecular weight is 283 g/mol. The van der Waals surface area contributed by atoms with Gasteiger partial charge in [-0.15, -0.1) is 0 Å². The Labute approximate surface area is 123 Å². The number of benzene rings is 1. The third kappa shape index (κ3) is 2.97. The summed E-state index contributed by atoms with van der Waals surface area (Å²) < 4.78 is 5.36. The van der Waals surface area contributed by atoms with Crippen LogP contribution in [0.15, 0.2) is 24.3 Å². The van der Waals surface area contributed by atoms with Gasteiger partial charge in [-0.1, -0.05) is 12.1 Å². The molecule has 21 heavy (non-hydrogen) atoms. The van der Waals surface area contributed by atoms with Crippen molar-refractivity contribution in [2.24, 2.45) is 0 Å². The van der Waals surface area contributed by atoms with Crippen LogP contribution in [0.5, 0.6) is 0 Å². The van der Waals surface area contributed by atoms with Crippen LogP contribution in [0, 0.1) is 11.3 Å². The van der Waals surface area contributed by atoms with Crippen molar-refractivity contribution in [3.8, 4) is 6.07 Å². The van der Waals surface area contributed by atoms with E-state index in [0.717, 1.165) is 43.8 Å². The minimum absolute atomic E-state index is 0.0916. The number of rotatable bonds is 4. The van der Waals surface area contributed by atoms with Crippen molar-refractivity contribution < 1.29 is 9.53 Å². The minimum atomic E-state index is -0.161. The molecule has 3 rings (SSSR count). The topological polar surface area (TPSA) is 69.1 Å². The van der Waals surface area contributed by atoms with Crippen molar-refractivity contribution >= 4 is 16.7 Å². The zero-order valence-corrected chi connectivity index (χ0v) is 11.8. The minimum Gasteiger partial charge on any atom is -0.379 e. The summed E-state index contributed by atoms with van der Waals surface area (Å²) in [5, 5.41) is 9.70. The second kappa shape index (κ2) is 6.08. The molecule has 2 aromatic rings. The first-order valence-corrected chi connectivity index (χ1v) is 7.09. The molecule has 2 heterocycles. The number of hydrogen-bond donors (Lipinski definition) is 1. The van der Waals surface area contributed by atoms with Gasteiger partial charge in [-0.2, -0.15) is 5.26 Å². The summed E-state index contributed by atoms with van der Waals surface area (Å²) in [7, 11) is 0. The Morgan fingerprint density at radius 1 is 1.38 bits per heavy atom. The monoisotopic (exact) mass is 283 g/mol. The summed E-state index contributed by atoms with van der Waals surface area (Å²) in [5.41, 5.74) is 2.66. The van der Waals surface area contributed by atoms with Crippen LogP contribution in [0.2, 0.25) is 0 Å². The van der Waals surface area contributed by atoms with Gasteiger partial charge in [-0.05, 0) is 17.7 Å². The first-order valence-electron chi connectivity index (χ1n) is 7.09. The molecule has 1 fully saturated rings. The third-order valence-electron chi connectivity index (χ3n) is 3.79. The molecule has 1 aromatic carbocycles. The van der Waals surface area contributed by atoms with Crippen molar-refractivity contribution in [1.82, 2.24) is 9.88 Å². The molecule has 0 spiro atoms. The number of ether oxygens (including phenoxy) is 1. The molecule has 108 valence electrons. The molecule has 1 N–H and O–H groups in total. The number of ketones is 1. The van der Waals surface area contributed by atoms with E-state index in [1.54, 1.807) is 0 Å². The molecule has 0 unspecified atom stereocenters. The van der Waals surface area contributed by atoms with Crippen LogP contribution in [-0.4, -0.2) is 42.0 Å². The zero-order valence-electron chi connectivity index (χ0n) is 11.8. The van der Waals surface area contributed by atoms with Crippen molar-refractivity contribution in [2.75, 3.05) is 26.3 Å². The van der Waals surface area contributed by atoms with Gasteiger partial charge < -0.3 is 9.72 Å². The predicted molar refractivity (Wildman–Crippen MR) is 79.0 cm³/mol. The fraction of sp³-hybridized carbons (Fsp3) is 0.375. The smallest absolute Gasteiger partial charge is 0.193 e. The Kier molecular flexibility index (Phi) is 4.00. The molecule has 1 aliphatic heterocycles. The highest BCUT2D eigenvalue weighted by Gasteiger charge is 2.15. The zero-order chi connectivity index (χ0) is 14.7. The number of Topliss-reactive ketones (excluding diaryl/α,β-unsaturated/α-hetero) is 1. The number of nitrogens with zero attached hydrogens (tertiary/aromatic N) is 2. The largest absolute Gasteiger partial charge is 0.379 e. The van der Waals surface area contributed by atoms with Gasteiger partial charge in [0.1, 0.15) is 6.42 Å². The highest BCUT2D eigenvalue weighted by atomic mass is 16.5. The molecule has 1 saturated heterocycles. The molecule has 5 nitrogen and oxygen atoms in total.